The van der Waals surface area contributed by atoms with Gasteiger partial charge in [0.1, 0.15) is 5.75 Å². The molecule has 0 atom stereocenters. The highest BCUT2D eigenvalue weighted by molar-refractivity contribution is 5.53. The van der Waals surface area contributed by atoms with Crippen molar-refractivity contribution in [2.24, 2.45) is 0 Å². The Balaban J connectivity index is 1.71. The summed E-state index contributed by atoms with van der Waals surface area (Å²) in [5.41, 5.74) is 5.14. The SMILES string of the molecule is COc1ccc(CNCCNc2cccc(C)c2C)cc1. The van der Waals surface area contributed by atoms with Crippen molar-refractivity contribution in [3.63, 3.8) is 0 Å². The summed E-state index contributed by atoms with van der Waals surface area (Å²) in [7, 11) is 1.69. The van der Waals surface area contributed by atoms with E-state index in [1.54, 1.807) is 7.11 Å². The van der Waals surface area contributed by atoms with Gasteiger partial charge < -0.3 is 15.4 Å². The van der Waals surface area contributed by atoms with Crippen molar-refractivity contribution in [1.29, 1.82) is 0 Å². The molecule has 0 saturated carbocycles. The maximum atomic E-state index is 5.15. The van der Waals surface area contributed by atoms with Gasteiger partial charge in [-0.2, -0.15) is 0 Å². The molecule has 112 valence electrons. The van der Waals surface area contributed by atoms with Crippen LogP contribution in [0.1, 0.15) is 16.7 Å². The first-order valence-electron chi connectivity index (χ1n) is 7.34. The van der Waals surface area contributed by atoms with Crippen molar-refractivity contribution in [3.05, 3.63) is 59.2 Å². The third kappa shape index (κ3) is 4.50. The molecule has 3 heteroatoms. The van der Waals surface area contributed by atoms with E-state index in [4.69, 9.17) is 4.74 Å². The predicted molar refractivity (Wildman–Crippen MR) is 89.1 cm³/mol. The van der Waals surface area contributed by atoms with Crippen LogP contribution >= 0.6 is 0 Å². The Kier molecular flexibility index (Phi) is 5.64. The largest absolute Gasteiger partial charge is 0.497 e. The second-order valence-corrected chi connectivity index (χ2v) is 5.20. The van der Waals surface area contributed by atoms with Gasteiger partial charge in [-0.3, -0.25) is 0 Å². The molecular formula is C18H24N2O. The van der Waals surface area contributed by atoms with E-state index in [0.717, 1.165) is 25.4 Å². The van der Waals surface area contributed by atoms with E-state index in [1.165, 1.54) is 22.4 Å². The van der Waals surface area contributed by atoms with Gasteiger partial charge in [-0.1, -0.05) is 24.3 Å². The Morgan fingerprint density at radius 2 is 1.71 bits per heavy atom. The summed E-state index contributed by atoms with van der Waals surface area (Å²) in [5, 5.41) is 6.92. The fourth-order valence-electron chi connectivity index (χ4n) is 2.20. The first kappa shape index (κ1) is 15.4. The number of anilines is 1. The monoisotopic (exact) mass is 284 g/mol. The first-order valence-corrected chi connectivity index (χ1v) is 7.34. The molecule has 0 aromatic heterocycles. The van der Waals surface area contributed by atoms with Crippen molar-refractivity contribution in [2.45, 2.75) is 20.4 Å². The van der Waals surface area contributed by atoms with E-state index in [9.17, 15) is 0 Å². The predicted octanol–water partition coefficient (Wildman–Crippen LogP) is 3.51. The molecule has 2 aromatic rings. The number of hydrogen-bond donors (Lipinski definition) is 2. The van der Waals surface area contributed by atoms with Crippen molar-refractivity contribution in [1.82, 2.24) is 5.32 Å². The van der Waals surface area contributed by atoms with Crippen LogP contribution in [0.4, 0.5) is 5.69 Å². The molecule has 0 aliphatic rings. The number of methoxy groups -OCH3 is 1. The van der Waals surface area contributed by atoms with Gasteiger partial charge in [-0.05, 0) is 48.7 Å². The quantitative estimate of drug-likeness (QED) is 0.763. The number of hydrogen-bond acceptors (Lipinski definition) is 3. The number of ether oxygens (including phenoxy) is 1. The second-order valence-electron chi connectivity index (χ2n) is 5.20. The van der Waals surface area contributed by atoms with Crippen LogP contribution in [0, 0.1) is 13.8 Å². The fraction of sp³-hybridized carbons (Fsp3) is 0.333. The zero-order valence-corrected chi connectivity index (χ0v) is 13.1. The molecule has 0 unspecified atom stereocenters. The summed E-state index contributed by atoms with van der Waals surface area (Å²) in [6.07, 6.45) is 0. The topological polar surface area (TPSA) is 33.3 Å². The minimum atomic E-state index is 0.873. The molecule has 21 heavy (non-hydrogen) atoms. The molecule has 2 N–H and O–H groups in total. The van der Waals surface area contributed by atoms with E-state index in [0.29, 0.717) is 0 Å². The molecule has 0 radical (unpaired) electrons. The smallest absolute Gasteiger partial charge is 0.118 e. The summed E-state index contributed by atoms with van der Waals surface area (Å²) in [4.78, 5) is 0. The molecule has 0 bridgehead atoms. The lowest BCUT2D eigenvalue weighted by atomic mass is 10.1. The highest BCUT2D eigenvalue weighted by Gasteiger charge is 1.99. The summed E-state index contributed by atoms with van der Waals surface area (Å²) < 4.78 is 5.15. The summed E-state index contributed by atoms with van der Waals surface area (Å²) >= 11 is 0. The summed E-state index contributed by atoms with van der Waals surface area (Å²) in [5.74, 6) is 0.898. The van der Waals surface area contributed by atoms with Crippen LogP contribution in [-0.4, -0.2) is 20.2 Å². The summed E-state index contributed by atoms with van der Waals surface area (Å²) in [6.45, 7) is 7.02. The van der Waals surface area contributed by atoms with Crippen molar-refractivity contribution < 1.29 is 4.74 Å². The second kappa shape index (κ2) is 7.70. The average Bonchev–Trinajstić information content (AvgIpc) is 2.51. The van der Waals surface area contributed by atoms with Crippen molar-refractivity contribution in [3.8, 4) is 5.75 Å². The Hall–Kier alpha value is -2.00. The molecule has 2 aromatic carbocycles. The molecular weight excluding hydrogens is 260 g/mol. The Labute approximate surface area is 127 Å². The van der Waals surface area contributed by atoms with E-state index < -0.39 is 0 Å². The van der Waals surface area contributed by atoms with E-state index in [1.807, 2.05) is 12.1 Å². The molecule has 0 amide bonds. The fourth-order valence-corrected chi connectivity index (χ4v) is 2.20. The van der Waals surface area contributed by atoms with Crippen LogP contribution in [0.3, 0.4) is 0 Å². The third-order valence-electron chi connectivity index (χ3n) is 3.71. The molecule has 3 nitrogen and oxygen atoms in total. The lowest BCUT2D eigenvalue weighted by Crippen LogP contribution is -2.22. The highest BCUT2D eigenvalue weighted by atomic mass is 16.5. The van der Waals surface area contributed by atoms with Crippen LogP contribution in [-0.2, 0) is 6.54 Å². The number of nitrogens with one attached hydrogen (secondary N) is 2. The Morgan fingerprint density at radius 1 is 0.952 bits per heavy atom. The lowest BCUT2D eigenvalue weighted by Gasteiger charge is -2.12. The Morgan fingerprint density at radius 3 is 2.43 bits per heavy atom. The molecule has 0 aliphatic heterocycles. The molecule has 2 rings (SSSR count). The van der Waals surface area contributed by atoms with Crippen LogP contribution < -0.4 is 15.4 Å². The average molecular weight is 284 g/mol. The standard InChI is InChI=1S/C18H24N2O/c1-14-5-4-6-18(15(14)2)20-12-11-19-13-16-7-9-17(21-3)10-8-16/h4-10,19-20H,11-13H2,1-3H3. The van der Waals surface area contributed by atoms with Gasteiger partial charge in [0.05, 0.1) is 7.11 Å². The summed E-state index contributed by atoms with van der Waals surface area (Å²) in [6, 6.07) is 14.5. The minimum Gasteiger partial charge on any atom is -0.497 e. The normalized spacial score (nSPS) is 10.4. The molecule has 0 spiro atoms. The maximum absolute atomic E-state index is 5.15. The van der Waals surface area contributed by atoms with Crippen LogP contribution in [0.5, 0.6) is 5.75 Å². The molecule has 0 fully saturated rings. The van der Waals surface area contributed by atoms with Crippen LogP contribution in [0.15, 0.2) is 42.5 Å². The van der Waals surface area contributed by atoms with Gasteiger partial charge in [-0.15, -0.1) is 0 Å². The number of rotatable bonds is 7. The van der Waals surface area contributed by atoms with E-state index in [2.05, 4.69) is 54.8 Å². The zero-order valence-electron chi connectivity index (χ0n) is 13.1. The maximum Gasteiger partial charge on any atom is 0.118 e. The number of aryl methyl sites for hydroxylation is 1. The zero-order chi connectivity index (χ0) is 15.1. The van der Waals surface area contributed by atoms with Crippen molar-refractivity contribution in [2.75, 3.05) is 25.5 Å². The minimum absolute atomic E-state index is 0.873. The highest BCUT2D eigenvalue weighted by Crippen LogP contribution is 2.17. The first-order chi connectivity index (χ1) is 10.2. The number of benzene rings is 2. The molecule has 0 aliphatic carbocycles. The van der Waals surface area contributed by atoms with Crippen LogP contribution in [0.25, 0.3) is 0 Å². The van der Waals surface area contributed by atoms with Crippen molar-refractivity contribution >= 4 is 5.69 Å². The van der Waals surface area contributed by atoms with Gasteiger partial charge in [0.15, 0.2) is 0 Å². The molecule has 0 heterocycles. The van der Waals surface area contributed by atoms with E-state index in [-0.39, 0.29) is 0 Å². The van der Waals surface area contributed by atoms with Gasteiger partial charge in [0.2, 0.25) is 0 Å². The van der Waals surface area contributed by atoms with E-state index >= 15 is 0 Å². The third-order valence-corrected chi connectivity index (χ3v) is 3.71. The van der Waals surface area contributed by atoms with Gasteiger partial charge in [0.25, 0.3) is 0 Å². The van der Waals surface area contributed by atoms with Gasteiger partial charge in [-0.25, -0.2) is 0 Å². The van der Waals surface area contributed by atoms with Gasteiger partial charge >= 0.3 is 0 Å². The lowest BCUT2D eigenvalue weighted by molar-refractivity contribution is 0.414. The molecule has 0 saturated heterocycles. The van der Waals surface area contributed by atoms with Crippen LogP contribution in [0.2, 0.25) is 0 Å². The Bertz CT molecular complexity index is 564. The van der Waals surface area contributed by atoms with Gasteiger partial charge in [0, 0.05) is 25.3 Å².